The number of hydrogen-bond donors (Lipinski definition) is 3. The summed E-state index contributed by atoms with van der Waals surface area (Å²) in [6.07, 6.45) is 2.81. The molecule has 3 rings (SSSR count). The minimum atomic E-state index is -4.79. The smallest absolute Gasteiger partial charge is 0.332 e. The maximum Gasteiger partial charge on any atom is 0.342 e. The summed E-state index contributed by atoms with van der Waals surface area (Å²) in [5, 5.41) is 5.77. The molecule has 3 aromatic rings. The number of rotatable bonds is 5. The van der Waals surface area contributed by atoms with Gasteiger partial charge < -0.3 is 15.1 Å². The molecule has 0 saturated carbocycles. The summed E-state index contributed by atoms with van der Waals surface area (Å²) in [5.74, 6) is -0.836. The quantitative estimate of drug-likeness (QED) is 0.402. The first kappa shape index (κ1) is 21.3. The van der Waals surface area contributed by atoms with Crippen molar-refractivity contribution < 1.29 is 19.1 Å². The first-order valence-electron chi connectivity index (χ1n) is 7.80. The van der Waals surface area contributed by atoms with E-state index in [1.165, 1.54) is 23.6 Å². The molecule has 0 aliphatic heterocycles. The molecule has 3 N–H and O–H groups in total. The van der Waals surface area contributed by atoms with E-state index in [9.17, 15) is 19.1 Å². The van der Waals surface area contributed by atoms with E-state index in [-0.39, 0.29) is 5.56 Å². The molecule has 28 heavy (non-hydrogen) atoms. The van der Waals surface area contributed by atoms with Gasteiger partial charge in [0.05, 0.1) is 0 Å². The molecule has 0 saturated heterocycles. The Morgan fingerprint density at radius 1 is 1.07 bits per heavy atom. The van der Waals surface area contributed by atoms with Crippen LogP contribution in [-0.4, -0.2) is 15.7 Å². The van der Waals surface area contributed by atoms with Crippen molar-refractivity contribution in [2.75, 3.05) is 0 Å². The Hall–Kier alpha value is -1.37. The van der Waals surface area contributed by atoms with Gasteiger partial charge in [0.15, 0.2) is 5.66 Å². The molecule has 0 bridgehead atoms. The predicted molar refractivity (Wildman–Crippen MR) is 115 cm³/mol. The van der Waals surface area contributed by atoms with E-state index in [4.69, 9.17) is 34.8 Å². The number of amides is 1. The zero-order valence-corrected chi connectivity index (χ0v) is 18.0. The Balaban J connectivity index is 1.89. The predicted octanol–water partition coefficient (Wildman–Crippen LogP) is 5.87. The highest BCUT2D eigenvalue weighted by molar-refractivity contribution is 7.53. The number of hydrogen-bond acceptors (Lipinski definition) is 3. The van der Waals surface area contributed by atoms with Gasteiger partial charge >= 0.3 is 7.60 Å². The van der Waals surface area contributed by atoms with Crippen LogP contribution in [0.4, 0.5) is 0 Å². The van der Waals surface area contributed by atoms with Gasteiger partial charge in [-0.2, -0.15) is 0 Å². The van der Waals surface area contributed by atoms with Gasteiger partial charge in [-0.15, -0.1) is 11.3 Å². The summed E-state index contributed by atoms with van der Waals surface area (Å²) < 4.78 is 12.8. The zero-order valence-electron chi connectivity index (χ0n) is 14.0. The Bertz CT molecular complexity index is 1100. The van der Waals surface area contributed by atoms with Crippen LogP contribution in [0, 0.1) is 0 Å². The van der Waals surface area contributed by atoms with Gasteiger partial charge in [-0.3, -0.25) is 9.36 Å². The van der Waals surface area contributed by atoms with E-state index in [1.54, 1.807) is 41.8 Å². The summed E-state index contributed by atoms with van der Waals surface area (Å²) in [6.45, 7) is 0. The lowest BCUT2D eigenvalue weighted by atomic mass is 10.1. The Morgan fingerprint density at radius 2 is 1.75 bits per heavy atom. The normalized spacial score (nSPS) is 13.2. The van der Waals surface area contributed by atoms with E-state index in [0.29, 0.717) is 26.0 Å². The van der Waals surface area contributed by atoms with Gasteiger partial charge in [0.2, 0.25) is 5.91 Å². The number of halogens is 3. The molecule has 2 aromatic carbocycles. The van der Waals surface area contributed by atoms with Gasteiger partial charge in [0.1, 0.15) is 0 Å². The lowest BCUT2D eigenvalue weighted by molar-refractivity contribution is -0.120. The minimum absolute atomic E-state index is 0.229. The Labute approximate surface area is 179 Å². The van der Waals surface area contributed by atoms with Gasteiger partial charge in [0, 0.05) is 26.0 Å². The van der Waals surface area contributed by atoms with Crippen LogP contribution in [0.2, 0.25) is 15.1 Å². The molecule has 146 valence electrons. The summed E-state index contributed by atoms with van der Waals surface area (Å²) in [6, 6.07) is 9.83. The molecule has 0 aliphatic rings. The largest absolute Gasteiger partial charge is 0.342 e. The lowest BCUT2D eigenvalue weighted by Gasteiger charge is -2.16. The first-order valence-corrected chi connectivity index (χ1v) is 11.5. The molecule has 5 nitrogen and oxygen atoms in total. The maximum atomic E-state index is 12.6. The van der Waals surface area contributed by atoms with Crippen molar-refractivity contribution in [3.8, 4) is 0 Å². The number of nitrogens with one attached hydrogen (secondary N) is 1. The molecule has 1 amide bonds. The summed E-state index contributed by atoms with van der Waals surface area (Å²) in [5.41, 5.74) is -0.807. The first-order chi connectivity index (χ1) is 13.1. The molecular formula is C18H13Cl3NO4PS. The van der Waals surface area contributed by atoms with Crippen LogP contribution < -0.4 is 5.32 Å². The van der Waals surface area contributed by atoms with Crippen molar-refractivity contribution in [2.24, 2.45) is 0 Å². The van der Waals surface area contributed by atoms with Crippen molar-refractivity contribution in [1.29, 1.82) is 0 Å². The number of carbonyl (C=O) groups is 1. The molecule has 1 aromatic heterocycles. The third-order valence-corrected chi connectivity index (χ3v) is 6.67. The Morgan fingerprint density at radius 3 is 2.39 bits per heavy atom. The SMILES string of the molecule is O=C(N/C=C\c1cc(Cl)cc(Cl)c1)[C@@H](c1csc2ccc(Cl)cc12)P(=O)(O)O. The summed E-state index contributed by atoms with van der Waals surface area (Å²) >= 11 is 19.1. The van der Waals surface area contributed by atoms with Gasteiger partial charge in [-0.1, -0.05) is 34.8 Å². The average molecular weight is 477 g/mol. The maximum absolute atomic E-state index is 12.6. The highest BCUT2D eigenvalue weighted by atomic mass is 35.5. The van der Waals surface area contributed by atoms with Crippen molar-refractivity contribution in [3.05, 3.63) is 74.2 Å². The third kappa shape index (κ3) is 4.97. The highest BCUT2D eigenvalue weighted by Crippen LogP contribution is 2.54. The molecule has 0 fully saturated rings. The molecule has 1 heterocycles. The van der Waals surface area contributed by atoms with Crippen LogP contribution in [0.25, 0.3) is 16.2 Å². The fourth-order valence-corrected chi connectivity index (χ4v) is 5.42. The molecule has 1 atom stereocenters. The van der Waals surface area contributed by atoms with Crippen LogP contribution in [0.15, 0.2) is 48.0 Å². The van der Waals surface area contributed by atoms with E-state index < -0.39 is 19.2 Å². The van der Waals surface area contributed by atoms with Crippen LogP contribution in [0.5, 0.6) is 0 Å². The van der Waals surface area contributed by atoms with E-state index >= 15 is 0 Å². The number of benzene rings is 2. The molecule has 10 heteroatoms. The Kier molecular flexibility index (Phi) is 6.52. The zero-order chi connectivity index (χ0) is 20.5. The topological polar surface area (TPSA) is 86.6 Å². The standard InChI is InChI=1S/C18H13Cl3NO4PS/c19-11-1-2-16-14(8-11)15(9-28-16)17(27(24,25)26)18(23)22-4-3-10-5-12(20)7-13(21)6-10/h1-9,17H,(H,22,23)(H2,24,25,26)/b4-3-/t17-/m1/s1. The fraction of sp³-hybridized carbons (Fsp3) is 0.0556. The molecule has 0 aliphatic carbocycles. The second-order valence-corrected chi connectivity index (χ2v) is 9.78. The number of carbonyl (C=O) groups excluding carboxylic acids is 1. The van der Waals surface area contributed by atoms with Gasteiger partial charge in [0.25, 0.3) is 0 Å². The van der Waals surface area contributed by atoms with Crippen molar-refractivity contribution >= 4 is 75.8 Å². The van der Waals surface area contributed by atoms with Crippen LogP contribution in [0.3, 0.4) is 0 Å². The highest BCUT2D eigenvalue weighted by Gasteiger charge is 2.38. The fourth-order valence-electron chi connectivity index (χ4n) is 2.68. The van der Waals surface area contributed by atoms with Crippen LogP contribution in [-0.2, 0) is 9.36 Å². The van der Waals surface area contributed by atoms with E-state index in [1.807, 2.05) is 0 Å². The molecule has 0 radical (unpaired) electrons. The average Bonchev–Trinajstić information content (AvgIpc) is 2.95. The summed E-state index contributed by atoms with van der Waals surface area (Å²) in [4.78, 5) is 32.2. The number of fused-ring (bicyclic) bond motifs is 1. The summed E-state index contributed by atoms with van der Waals surface area (Å²) in [7, 11) is -4.79. The minimum Gasteiger partial charge on any atom is -0.332 e. The molecule has 0 spiro atoms. The monoisotopic (exact) mass is 475 g/mol. The second kappa shape index (κ2) is 8.56. The van der Waals surface area contributed by atoms with Gasteiger partial charge in [-0.05, 0) is 64.4 Å². The van der Waals surface area contributed by atoms with Crippen LogP contribution >= 0.6 is 53.7 Å². The van der Waals surface area contributed by atoms with E-state index in [0.717, 1.165) is 4.70 Å². The third-order valence-electron chi connectivity index (χ3n) is 3.83. The van der Waals surface area contributed by atoms with Gasteiger partial charge in [-0.25, -0.2) is 0 Å². The lowest BCUT2D eigenvalue weighted by Crippen LogP contribution is -2.25. The van der Waals surface area contributed by atoms with Crippen molar-refractivity contribution in [2.45, 2.75) is 5.66 Å². The number of thiophene rings is 1. The van der Waals surface area contributed by atoms with Crippen molar-refractivity contribution in [1.82, 2.24) is 5.32 Å². The van der Waals surface area contributed by atoms with E-state index in [2.05, 4.69) is 5.32 Å². The van der Waals surface area contributed by atoms with Crippen molar-refractivity contribution in [3.63, 3.8) is 0 Å². The van der Waals surface area contributed by atoms with Crippen LogP contribution in [0.1, 0.15) is 16.8 Å². The second-order valence-electron chi connectivity index (χ2n) is 5.87. The molecule has 0 unspecified atom stereocenters. The molecular weight excluding hydrogens is 464 g/mol.